The third-order valence-corrected chi connectivity index (χ3v) is 3.77. The first-order chi connectivity index (χ1) is 12.1. The molecule has 6 nitrogen and oxygen atoms in total. The second kappa shape index (κ2) is 7.09. The fourth-order valence-electron chi connectivity index (χ4n) is 2.43. The molecule has 3 rings (SSSR count). The molecule has 3 aromatic rings. The van der Waals surface area contributed by atoms with E-state index in [9.17, 15) is 4.79 Å². The Morgan fingerprint density at radius 3 is 2.44 bits per heavy atom. The van der Waals surface area contributed by atoms with Crippen molar-refractivity contribution in [2.75, 3.05) is 19.5 Å². The van der Waals surface area contributed by atoms with E-state index < -0.39 is 0 Å². The molecule has 1 N–H and O–H groups in total. The lowest BCUT2D eigenvalue weighted by atomic mass is 10.1. The molecule has 0 aliphatic rings. The summed E-state index contributed by atoms with van der Waals surface area (Å²) in [6.45, 7) is 1.99. The van der Waals surface area contributed by atoms with Crippen LogP contribution in [0.25, 0.3) is 11.3 Å². The molecule has 6 heteroatoms. The molecular weight excluding hydrogens is 320 g/mol. The largest absolute Gasteiger partial charge is 0.493 e. The number of aryl methyl sites for hydroxylation is 1. The molecule has 0 fully saturated rings. The van der Waals surface area contributed by atoms with E-state index in [-0.39, 0.29) is 5.91 Å². The molecule has 0 spiro atoms. The van der Waals surface area contributed by atoms with Gasteiger partial charge in [0.25, 0.3) is 5.91 Å². The molecule has 0 saturated heterocycles. The Balaban J connectivity index is 1.85. The molecule has 0 bridgehead atoms. The highest BCUT2D eigenvalue weighted by molar-refractivity contribution is 6.07. The number of hydrogen-bond donors (Lipinski definition) is 1. The SMILES string of the molecule is COc1ccc(NC(=O)c2cnoc2-c2ccc(C)cc2)cc1OC. The van der Waals surface area contributed by atoms with E-state index in [4.69, 9.17) is 14.0 Å². The second-order valence-corrected chi connectivity index (χ2v) is 5.46. The first kappa shape index (κ1) is 16.6. The Morgan fingerprint density at radius 2 is 1.76 bits per heavy atom. The Bertz CT molecular complexity index is 885. The Morgan fingerprint density at radius 1 is 1.04 bits per heavy atom. The predicted octanol–water partition coefficient (Wildman–Crippen LogP) is 3.92. The number of carbonyl (C=O) groups is 1. The van der Waals surface area contributed by atoms with Gasteiger partial charge in [-0.1, -0.05) is 35.0 Å². The molecule has 0 aliphatic heterocycles. The molecule has 0 aliphatic carbocycles. The average molecular weight is 338 g/mol. The molecule has 2 aromatic carbocycles. The van der Waals surface area contributed by atoms with Gasteiger partial charge in [-0.3, -0.25) is 4.79 Å². The van der Waals surface area contributed by atoms with Gasteiger partial charge >= 0.3 is 0 Å². The highest BCUT2D eigenvalue weighted by Gasteiger charge is 2.18. The zero-order valence-electron chi connectivity index (χ0n) is 14.2. The van der Waals surface area contributed by atoms with Gasteiger partial charge in [0.2, 0.25) is 0 Å². The average Bonchev–Trinajstić information content (AvgIpc) is 3.12. The minimum atomic E-state index is -0.316. The van der Waals surface area contributed by atoms with Crippen LogP contribution < -0.4 is 14.8 Å². The highest BCUT2D eigenvalue weighted by atomic mass is 16.5. The van der Waals surface area contributed by atoms with E-state index in [1.165, 1.54) is 6.20 Å². The number of rotatable bonds is 5. The zero-order chi connectivity index (χ0) is 17.8. The van der Waals surface area contributed by atoms with Gasteiger partial charge in [0.1, 0.15) is 5.56 Å². The fourth-order valence-corrected chi connectivity index (χ4v) is 2.43. The van der Waals surface area contributed by atoms with E-state index >= 15 is 0 Å². The van der Waals surface area contributed by atoms with E-state index in [1.54, 1.807) is 32.4 Å². The molecule has 25 heavy (non-hydrogen) atoms. The third-order valence-electron chi connectivity index (χ3n) is 3.77. The van der Waals surface area contributed by atoms with Crippen LogP contribution >= 0.6 is 0 Å². The second-order valence-electron chi connectivity index (χ2n) is 5.46. The normalized spacial score (nSPS) is 10.4. The highest BCUT2D eigenvalue weighted by Crippen LogP contribution is 2.30. The van der Waals surface area contributed by atoms with Crippen LogP contribution in [0.1, 0.15) is 15.9 Å². The molecule has 1 aromatic heterocycles. The van der Waals surface area contributed by atoms with Crippen molar-refractivity contribution in [3.8, 4) is 22.8 Å². The summed E-state index contributed by atoms with van der Waals surface area (Å²) in [4.78, 5) is 12.6. The number of nitrogens with zero attached hydrogens (tertiary/aromatic N) is 1. The summed E-state index contributed by atoms with van der Waals surface area (Å²) in [5, 5.41) is 6.58. The fraction of sp³-hybridized carbons (Fsp3) is 0.158. The van der Waals surface area contributed by atoms with Crippen LogP contribution in [0, 0.1) is 6.92 Å². The summed E-state index contributed by atoms with van der Waals surface area (Å²) >= 11 is 0. The number of nitrogens with one attached hydrogen (secondary N) is 1. The van der Waals surface area contributed by atoms with Crippen molar-refractivity contribution in [1.29, 1.82) is 0 Å². The zero-order valence-corrected chi connectivity index (χ0v) is 14.2. The number of anilines is 1. The van der Waals surface area contributed by atoms with Gasteiger partial charge in [0, 0.05) is 17.3 Å². The summed E-state index contributed by atoms with van der Waals surface area (Å²) in [6, 6.07) is 12.8. The van der Waals surface area contributed by atoms with Crippen molar-refractivity contribution in [3.05, 3.63) is 59.8 Å². The standard InChI is InChI=1S/C19H18N2O4/c1-12-4-6-13(7-5-12)18-15(11-20-25-18)19(22)21-14-8-9-16(23-2)17(10-14)24-3/h4-11H,1-3H3,(H,21,22). The van der Waals surface area contributed by atoms with Gasteiger partial charge in [0.05, 0.1) is 20.4 Å². The molecule has 0 saturated carbocycles. The summed E-state index contributed by atoms with van der Waals surface area (Å²) in [5.41, 5.74) is 2.86. The van der Waals surface area contributed by atoms with E-state index in [0.29, 0.717) is 28.5 Å². The number of methoxy groups -OCH3 is 2. The molecule has 0 radical (unpaired) electrons. The van der Waals surface area contributed by atoms with Gasteiger partial charge in [-0.25, -0.2) is 0 Å². The minimum Gasteiger partial charge on any atom is -0.493 e. The Hall–Kier alpha value is -3.28. The van der Waals surface area contributed by atoms with E-state index in [0.717, 1.165) is 11.1 Å². The maximum atomic E-state index is 12.6. The summed E-state index contributed by atoms with van der Waals surface area (Å²) in [6.07, 6.45) is 1.41. The van der Waals surface area contributed by atoms with Crippen LogP contribution in [0.3, 0.4) is 0 Å². The predicted molar refractivity (Wildman–Crippen MR) is 94.2 cm³/mol. The maximum absolute atomic E-state index is 12.6. The first-order valence-electron chi connectivity index (χ1n) is 7.67. The van der Waals surface area contributed by atoms with Gasteiger partial charge in [-0.05, 0) is 19.1 Å². The van der Waals surface area contributed by atoms with Gasteiger partial charge < -0.3 is 19.3 Å². The molecule has 128 valence electrons. The summed E-state index contributed by atoms with van der Waals surface area (Å²) < 4.78 is 15.7. The van der Waals surface area contributed by atoms with E-state index in [1.807, 2.05) is 31.2 Å². The molecular formula is C19H18N2O4. The van der Waals surface area contributed by atoms with Crippen molar-refractivity contribution in [2.24, 2.45) is 0 Å². The van der Waals surface area contributed by atoms with Gasteiger partial charge in [-0.2, -0.15) is 0 Å². The molecule has 1 amide bonds. The number of ether oxygens (including phenoxy) is 2. The van der Waals surface area contributed by atoms with Crippen molar-refractivity contribution in [3.63, 3.8) is 0 Å². The number of amides is 1. The molecule has 0 atom stereocenters. The number of benzene rings is 2. The van der Waals surface area contributed by atoms with Crippen LogP contribution in [0.15, 0.2) is 53.2 Å². The number of carbonyl (C=O) groups excluding carboxylic acids is 1. The molecule has 0 unspecified atom stereocenters. The van der Waals surface area contributed by atoms with Crippen molar-refractivity contribution in [1.82, 2.24) is 5.16 Å². The van der Waals surface area contributed by atoms with Crippen molar-refractivity contribution >= 4 is 11.6 Å². The minimum absolute atomic E-state index is 0.316. The Kier molecular flexibility index (Phi) is 4.70. The van der Waals surface area contributed by atoms with Crippen molar-refractivity contribution in [2.45, 2.75) is 6.92 Å². The van der Waals surface area contributed by atoms with Crippen LogP contribution in [0.2, 0.25) is 0 Å². The lowest BCUT2D eigenvalue weighted by molar-refractivity contribution is 0.102. The van der Waals surface area contributed by atoms with Crippen LogP contribution in [-0.2, 0) is 0 Å². The maximum Gasteiger partial charge on any atom is 0.261 e. The monoisotopic (exact) mass is 338 g/mol. The lowest BCUT2D eigenvalue weighted by Gasteiger charge is -2.10. The Labute approximate surface area is 145 Å². The van der Waals surface area contributed by atoms with Crippen LogP contribution in [-0.4, -0.2) is 25.3 Å². The lowest BCUT2D eigenvalue weighted by Crippen LogP contribution is -2.12. The van der Waals surface area contributed by atoms with Gasteiger partial charge in [0.15, 0.2) is 17.3 Å². The quantitative estimate of drug-likeness (QED) is 0.763. The number of hydrogen-bond acceptors (Lipinski definition) is 5. The molecule has 1 heterocycles. The summed E-state index contributed by atoms with van der Waals surface area (Å²) in [7, 11) is 3.10. The third kappa shape index (κ3) is 3.47. The summed E-state index contributed by atoms with van der Waals surface area (Å²) in [5.74, 6) is 1.23. The van der Waals surface area contributed by atoms with Crippen molar-refractivity contribution < 1.29 is 18.8 Å². The number of aromatic nitrogens is 1. The van der Waals surface area contributed by atoms with Crippen LogP contribution in [0.5, 0.6) is 11.5 Å². The van der Waals surface area contributed by atoms with E-state index in [2.05, 4.69) is 10.5 Å². The topological polar surface area (TPSA) is 73.6 Å². The van der Waals surface area contributed by atoms with Gasteiger partial charge in [-0.15, -0.1) is 0 Å². The van der Waals surface area contributed by atoms with Crippen LogP contribution in [0.4, 0.5) is 5.69 Å². The first-order valence-corrected chi connectivity index (χ1v) is 7.67. The smallest absolute Gasteiger partial charge is 0.261 e.